The largest absolute Gasteiger partial charge is 0.464 e. The van der Waals surface area contributed by atoms with Crippen molar-refractivity contribution in [3.63, 3.8) is 0 Å². The molecule has 2 aliphatic rings. The maximum Gasteiger partial charge on any atom is 0.213 e. The summed E-state index contributed by atoms with van der Waals surface area (Å²) in [6, 6.07) is 22.3. The number of hydrogen-bond acceptors (Lipinski definition) is 3. The van der Waals surface area contributed by atoms with Gasteiger partial charge in [-0.3, -0.25) is 0 Å². The first-order valence-corrected chi connectivity index (χ1v) is 9.19. The van der Waals surface area contributed by atoms with E-state index in [1.807, 2.05) is 47.5 Å². The van der Waals surface area contributed by atoms with Crippen LogP contribution in [-0.2, 0) is 0 Å². The first-order valence-electron chi connectivity index (χ1n) is 8.82. The van der Waals surface area contributed by atoms with Gasteiger partial charge in [-0.2, -0.15) is 5.10 Å². The molecule has 0 aromatic heterocycles. The molecule has 0 saturated heterocycles. The highest BCUT2D eigenvalue weighted by Gasteiger charge is 2.40. The van der Waals surface area contributed by atoms with Gasteiger partial charge >= 0.3 is 0 Å². The lowest BCUT2D eigenvalue weighted by Gasteiger charge is -2.38. The lowest BCUT2D eigenvalue weighted by atomic mass is 9.96. The average molecular weight is 379 g/mol. The molecule has 5 rings (SSSR count). The van der Waals surface area contributed by atoms with Crippen LogP contribution >= 0.6 is 11.6 Å². The maximum atomic E-state index is 13.3. The summed E-state index contributed by atoms with van der Waals surface area (Å²) in [5, 5.41) is 7.55. The number of fused-ring (bicyclic) bond motifs is 3. The molecule has 0 amide bonds. The van der Waals surface area contributed by atoms with E-state index in [9.17, 15) is 4.39 Å². The first kappa shape index (κ1) is 16.3. The summed E-state index contributed by atoms with van der Waals surface area (Å²) in [4.78, 5) is 0. The van der Waals surface area contributed by atoms with Gasteiger partial charge in [0.15, 0.2) is 0 Å². The second-order valence-corrected chi connectivity index (χ2v) is 7.15. The molecule has 2 aliphatic heterocycles. The highest BCUT2D eigenvalue weighted by Crippen LogP contribution is 2.47. The molecule has 0 aliphatic carbocycles. The molecular weight excluding hydrogens is 363 g/mol. The van der Waals surface area contributed by atoms with Gasteiger partial charge in [0.05, 0.1) is 11.8 Å². The summed E-state index contributed by atoms with van der Waals surface area (Å²) in [6.45, 7) is 0. The molecule has 5 heteroatoms. The Hall–Kier alpha value is -2.85. The number of hydrazone groups is 1. The van der Waals surface area contributed by atoms with Crippen LogP contribution in [-0.4, -0.2) is 10.7 Å². The number of rotatable bonds is 2. The van der Waals surface area contributed by atoms with Crippen molar-refractivity contribution in [3.05, 3.63) is 100 Å². The number of para-hydroxylation sites is 1. The fourth-order valence-electron chi connectivity index (χ4n) is 3.70. The third-order valence-electron chi connectivity index (χ3n) is 5.03. The Labute approximate surface area is 161 Å². The van der Waals surface area contributed by atoms with Crippen molar-refractivity contribution >= 4 is 17.3 Å². The summed E-state index contributed by atoms with van der Waals surface area (Å²) in [5.74, 6) is 0.622. The SMILES string of the molecule is Fc1ccc(C2=NN3[C@H](C2)c2ccccc2O[C@@H]3c2ccc(Cl)cc2)cc1. The van der Waals surface area contributed by atoms with E-state index in [-0.39, 0.29) is 18.1 Å². The molecule has 0 radical (unpaired) electrons. The molecule has 0 bridgehead atoms. The predicted octanol–water partition coefficient (Wildman–Crippen LogP) is 5.72. The zero-order valence-corrected chi connectivity index (χ0v) is 15.1. The standard InChI is InChI=1S/C22H16ClFN2O/c23-16-9-5-15(6-10-16)22-26-20(18-3-1-2-4-21(18)27-22)13-19(25-26)14-7-11-17(24)12-8-14/h1-12,20,22H,13H2/t20-,22-/m1/s1. The Morgan fingerprint density at radius 3 is 2.48 bits per heavy atom. The lowest BCUT2D eigenvalue weighted by Crippen LogP contribution is -2.33. The van der Waals surface area contributed by atoms with Crippen LogP contribution in [0.5, 0.6) is 5.75 Å². The van der Waals surface area contributed by atoms with Crippen molar-refractivity contribution in [1.82, 2.24) is 5.01 Å². The second kappa shape index (κ2) is 6.39. The fourth-order valence-corrected chi connectivity index (χ4v) is 3.82. The Morgan fingerprint density at radius 1 is 0.963 bits per heavy atom. The van der Waals surface area contributed by atoms with Crippen LogP contribution in [0.15, 0.2) is 77.9 Å². The summed E-state index contributed by atoms with van der Waals surface area (Å²) in [5.41, 5.74) is 3.96. The normalized spacial score (nSPS) is 20.5. The molecule has 2 heterocycles. The van der Waals surface area contributed by atoms with Crippen molar-refractivity contribution in [2.45, 2.75) is 18.7 Å². The van der Waals surface area contributed by atoms with E-state index < -0.39 is 0 Å². The smallest absolute Gasteiger partial charge is 0.213 e. The molecule has 0 saturated carbocycles. The molecule has 2 atom stereocenters. The van der Waals surface area contributed by atoms with Crippen molar-refractivity contribution < 1.29 is 9.13 Å². The zero-order valence-electron chi connectivity index (χ0n) is 14.3. The van der Waals surface area contributed by atoms with Crippen LogP contribution in [0.4, 0.5) is 4.39 Å². The number of benzene rings is 3. The number of nitrogens with zero attached hydrogens (tertiary/aromatic N) is 2. The highest BCUT2D eigenvalue weighted by atomic mass is 35.5. The van der Waals surface area contributed by atoms with E-state index in [0.717, 1.165) is 34.6 Å². The lowest BCUT2D eigenvalue weighted by molar-refractivity contribution is -0.0190. The molecule has 134 valence electrons. The van der Waals surface area contributed by atoms with E-state index in [1.54, 1.807) is 12.1 Å². The summed E-state index contributed by atoms with van der Waals surface area (Å²) in [6.07, 6.45) is 0.413. The van der Waals surface area contributed by atoms with E-state index in [4.69, 9.17) is 21.4 Å². The van der Waals surface area contributed by atoms with Crippen LogP contribution in [0.1, 0.15) is 35.4 Å². The van der Waals surface area contributed by atoms with Crippen molar-refractivity contribution in [1.29, 1.82) is 0 Å². The zero-order chi connectivity index (χ0) is 18.4. The third-order valence-corrected chi connectivity index (χ3v) is 5.28. The minimum Gasteiger partial charge on any atom is -0.464 e. The van der Waals surface area contributed by atoms with Gasteiger partial charge in [0.1, 0.15) is 11.6 Å². The fraction of sp³-hybridized carbons (Fsp3) is 0.136. The molecule has 3 aromatic carbocycles. The molecular formula is C22H16ClFN2O. The van der Waals surface area contributed by atoms with Crippen LogP contribution in [0.25, 0.3) is 0 Å². The van der Waals surface area contributed by atoms with Gasteiger partial charge in [0, 0.05) is 22.6 Å². The van der Waals surface area contributed by atoms with Gasteiger partial charge in [0.2, 0.25) is 6.23 Å². The Morgan fingerprint density at radius 2 is 1.70 bits per heavy atom. The Balaban J connectivity index is 1.58. The Kier molecular flexibility index (Phi) is 3.87. The molecule has 3 aromatic rings. The molecule has 0 unspecified atom stereocenters. The molecule has 27 heavy (non-hydrogen) atoms. The summed E-state index contributed by atoms with van der Waals surface area (Å²) in [7, 11) is 0. The molecule has 0 spiro atoms. The van der Waals surface area contributed by atoms with E-state index in [2.05, 4.69) is 6.07 Å². The van der Waals surface area contributed by atoms with Crippen LogP contribution in [0, 0.1) is 5.82 Å². The van der Waals surface area contributed by atoms with E-state index in [1.165, 1.54) is 12.1 Å². The summed E-state index contributed by atoms with van der Waals surface area (Å²) < 4.78 is 19.6. The highest BCUT2D eigenvalue weighted by molar-refractivity contribution is 6.30. The number of halogens is 2. The van der Waals surface area contributed by atoms with Crippen LogP contribution < -0.4 is 4.74 Å². The minimum absolute atomic E-state index is 0.0793. The topological polar surface area (TPSA) is 24.8 Å². The maximum absolute atomic E-state index is 13.3. The van der Waals surface area contributed by atoms with Gasteiger partial charge in [-0.25, -0.2) is 9.40 Å². The van der Waals surface area contributed by atoms with Gasteiger partial charge in [-0.15, -0.1) is 0 Å². The number of hydrogen-bond donors (Lipinski definition) is 0. The minimum atomic E-state index is -0.333. The van der Waals surface area contributed by atoms with Gasteiger partial charge in [0.25, 0.3) is 0 Å². The molecule has 0 fully saturated rings. The second-order valence-electron chi connectivity index (χ2n) is 6.71. The van der Waals surface area contributed by atoms with Gasteiger partial charge in [-0.05, 0) is 35.9 Å². The van der Waals surface area contributed by atoms with E-state index >= 15 is 0 Å². The van der Waals surface area contributed by atoms with Crippen LogP contribution in [0.2, 0.25) is 5.02 Å². The quantitative estimate of drug-likeness (QED) is 0.569. The predicted molar refractivity (Wildman–Crippen MR) is 103 cm³/mol. The average Bonchev–Trinajstić information content (AvgIpc) is 3.14. The van der Waals surface area contributed by atoms with Crippen molar-refractivity contribution in [2.24, 2.45) is 5.10 Å². The first-order chi connectivity index (χ1) is 13.2. The number of ether oxygens (including phenoxy) is 1. The van der Waals surface area contributed by atoms with Crippen molar-refractivity contribution in [2.75, 3.05) is 0 Å². The third kappa shape index (κ3) is 2.86. The van der Waals surface area contributed by atoms with Gasteiger partial charge < -0.3 is 4.74 Å². The van der Waals surface area contributed by atoms with Crippen molar-refractivity contribution in [3.8, 4) is 5.75 Å². The molecule has 3 nitrogen and oxygen atoms in total. The van der Waals surface area contributed by atoms with E-state index in [0.29, 0.717) is 5.02 Å². The monoisotopic (exact) mass is 378 g/mol. The molecule has 0 N–H and O–H groups in total. The Bertz CT molecular complexity index is 1020. The summed E-state index contributed by atoms with van der Waals surface area (Å²) >= 11 is 6.05. The van der Waals surface area contributed by atoms with Gasteiger partial charge in [-0.1, -0.05) is 54.1 Å². The van der Waals surface area contributed by atoms with Crippen LogP contribution in [0.3, 0.4) is 0 Å².